The predicted molar refractivity (Wildman–Crippen MR) is 52.9 cm³/mol. The van der Waals surface area contributed by atoms with Crippen molar-refractivity contribution in [2.24, 2.45) is 0 Å². The molecule has 64 valence electrons. The number of rotatable bonds is 0. The maximum absolute atomic E-state index is 8.78. The van der Waals surface area contributed by atoms with Gasteiger partial charge in [0, 0.05) is 0 Å². The average molecular weight is 189 g/mol. The Morgan fingerprint density at radius 2 is 2.15 bits per heavy atom. The number of H-pyrrole nitrogens is 2. The summed E-state index contributed by atoms with van der Waals surface area (Å²) >= 11 is 4.96. The molecule has 0 unspecified atom stereocenters. The Hall–Kier alpha value is -1.60. The van der Waals surface area contributed by atoms with Gasteiger partial charge in [-0.25, -0.2) is 0 Å². The van der Waals surface area contributed by atoms with Crippen LogP contribution in [0, 0.1) is 23.0 Å². The largest absolute Gasteiger partial charge is 0.331 e. The highest BCUT2D eigenvalue weighted by Gasteiger charge is 2.03. The molecule has 13 heavy (non-hydrogen) atoms. The number of hydrogen-bond donors (Lipinski definition) is 2. The standard InChI is InChI=1S/C9H7N3S/c1-5-6(4-10)2-3-7-8(5)12-9(13)11-7/h2-3H,1H3,(H2,11,12,13). The van der Waals surface area contributed by atoms with Gasteiger partial charge in [-0.1, -0.05) is 0 Å². The summed E-state index contributed by atoms with van der Waals surface area (Å²) in [5.41, 5.74) is 3.48. The lowest BCUT2D eigenvalue weighted by Gasteiger charge is -1.96. The lowest BCUT2D eigenvalue weighted by atomic mass is 10.1. The summed E-state index contributed by atoms with van der Waals surface area (Å²) < 4.78 is 0.591. The highest BCUT2D eigenvalue weighted by molar-refractivity contribution is 7.71. The minimum Gasteiger partial charge on any atom is -0.331 e. The molecule has 0 bridgehead atoms. The van der Waals surface area contributed by atoms with Crippen molar-refractivity contribution in [3.63, 3.8) is 0 Å². The van der Waals surface area contributed by atoms with E-state index in [1.165, 1.54) is 0 Å². The van der Waals surface area contributed by atoms with Crippen LogP contribution in [0.25, 0.3) is 11.0 Å². The fourth-order valence-corrected chi connectivity index (χ4v) is 1.58. The molecule has 0 aliphatic rings. The third-order valence-electron chi connectivity index (χ3n) is 2.07. The topological polar surface area (TPSA) is 55.4 Å². The van der Waals surface area contributed by atoms with Crippen LogP contribution in [0.1, 0.15) is 11.1 Å². The van der Waals surface area contributed by atoms with Gasteiger partial charge in [0.25, 0.3) is 0 Å². The number of imidazole rings is 1. The van der Waals surface area contributed by atoms with Gasteiger partial charge >= 0.3 is 0 Å². The molecule has 0 amide bonds. The third-order valence-corrected chi connectivity index (χ3v) is 2.28. The van der Waals surface area contributed by atoms with Crippen molar-refractivity contribution in [1.82, 2.24) is 9.97 Å². The SMILES string of the molecule is Cc1c(C#N)ccc2[nH]c(=S)[nH]c12. The molecule has 0 atom stereocenters. The van der Waals surface area contributed by atoms with Crippen molar-refractivity contribution in [2.75, 3.05) is 0 Å². The Bertz CT molecular complexity index is 556. The fraction of sp³-hybridized carbons (Fsp3) is 0.111. The Balaban J connectivity index is 2.95. The molecule has 0 radical (unpaired) electrons. The first-order valence-electron chi connectivity index (χ1n) is 3.84. The number of hydrogen-bond acceptors (Lipinski definition) is 2. The van der Waals surface area contributed by atoms with Crippen LogP contribution >= 0.6 is 12.2 Å². The van der Waals surface area contributed by atoms with Crippen LogP contribution in [0.3, 0.4) is 0 Å². The number of aryl methyl sites for hydroxylation is 1. The van der Waals surface area contributed by atoms with E-state index >= 15 is 0 Å². The van der Waals surface area contributed by atoms with Crippen molar-refractivity contribution >= 4 is 23.3 Å². The smallest absolute Gasteiger partial charge is 0.175 e. The molecule has 4 heteroatoms. The maximum Gasteiger partial charge on any atom is 0.175 e. The van der Waals surface area contributed by atoms with Crippen molar-refractivity contribution in [2.45, 2.75) is 6.92 Å². The molecule has 1 aromatic heterocycles. The van der Waals surface area contributed by atoms with E-state index < -0.39 is 0 Å². The van der Waals surface area contributed by atoms with Gasteiger partial charge in [0.15, 0.2) is 4.77 Å². The van der Waals surface area contributed by atoms with Gasteiger partial charge in [-0.3, -0.25) is 0 Å². The number of nitrogens with one attached hydrogen (secondary N) is 2. The molecule has 0 fully saturated rings. The van der Waals surface area contributed by atoms with E-state index in [4.69, 9.17) is 17.5 Å². The molecule has 3 nitrogen and oxygen atoms in total. The van der Waals surface area contributed by atoms with Crippen LogP contribution in [0.4, 0.5) is 0 Å². The monoisotopic (exact) mass is 189 g/mol. The van der Waals surface area contributed by atoms with Crippen LogP contribution in [-0.4, -0.2) is 9.97 Å². The minimum atomic E-state index is 0.591. The zero-order valence-corrected chi connectivity index (χ0v) is 7.83. The summed E-state index contributed by atoms with van der Waals surface area (Å²) in [6.45, 7) is 1.90. The van der Waals surface area contributed by atoms with E-state index in [2.05, 4.69) is 16.0 Å². The summed E-state index contributed by atoms with van der Waals surface area (Å²) in [5, 5.41) is 8.78. The Morgan fingerprint density at radius 3 is 2.85 bits per heavy atom. The molecular formula is C9H7N3S. The van der Waals surface area contributed by atoms with E-state index in [-0.39, 0.29) is 0 Å². The molecular weight excluding hydrogens is 182 g/mol. The number of nitriles is 1. The summed E-state index contributed by atoms with van der Waals surface area (Å²) in [7, 11) is 0. The summed E-state index contributed by atoms with van der Waals surface area (Å²) in [6, 6.07) is 5.77. The molecule has 0 saturated carbocycles. The van der Waals surface area contributed by atoms with Gasteiger partial charge < -0.3 is 9.97 Å². The number of nitrogens with zero attached hydrogens (tertiary/aromatic N) is 1. The van der Waals surface area contributed by atoms with E-state index in [9.17, 15) is 0 Å². The molecule has 2 aromatic rings. The van der Waals surface area contributed by atoms with E-state index in [0.29, 0.717) is 10.3 Å². The normalized spacial score (nSPS) is 10.2. The van der Waals surface area contributed by atoms with Gasteiger partial charge in [-0.15, -0.1) is 0 Å². The lowest BCUT2D eigenvalue weighted by Crippen LogP contribution is -1.83. The maximum atomic E-state index is 8.78. The second-order valence-electron chi connectivity index (χ2n) is 2.85. The zero-order valence-electron chi connectivity index (χ0n) is 7.01. The zero-order chi connectivity index (χ0) is 9.42. The van der Waals surface area contributed by atoms with Crippen LogP contribution in [0.5, 0.6) is 0 Å². The first-order valence-corrected chi connectivity index (χ1v) is 4.25. The molecule has 0 saturated heterocycles. The van der Waals surface area contributed by atoms with Gasteiger partial charge in [0.2, 0.25) is 0 Å². The highest BCUT2D eigenvalue weighted by atomic mass is 32.1. The molecule has 2 rings (SSSR count). The Kier molecular flexibility index (Phi) is 1.67. The van der Waals surface area contributed by atoms with Gasteiger partial charge in [-0.05, 0) is 36.8 Å². The molecule has 2 N–H and O–H groups in total. The number of fused-ring (bicyclic) bond motifs is 1. The van der Waals surface area contributed by atoms with Crippen molar-refractivity contribution in [3.8, 4) is 6.07 Å². The van der Waals surface area contributed by atoms with E-state index in [0.717, 1.165) is 16.6 Å². The molecule has 1 aromatic carbocycles. The van der Waals surface area contributed by atoms with E-state index in [1.807, 2.05) is 13.0 Å². The van der Waals surface area contributed by atoms with Crippen LogP contribution in [0.15, 0.2) is 12.1 Å². The number of aromatic nitrogens is 2. The molecule has 1 heterocycles. The number of benzene rings is 1. The highest BCUT2D eigenvalue weighted by Crippen LogP contribution is 2.17. The van der Waals surface area contributed by atoms with Gasteiger partial charge in [-0.2, -0.15) is 5.26 Å². The average Bonchev–Trinajstić information content (AvgIpc) is 2.47. The first-order chi connectivity index (χ1) is 6.22. The first kappa shape index (κ1) is 8.02. The second kappa shape index (κ2) is 2.71. The summed E-state index contributed by atoms with van der Waals surface area (Å²) in [5.74, 6) is 0. The van der Waals surface area contributed by atoms with Crippen LogP contribution in [-0.2, 0) is 0 Å². The molecule has 0 aliphatic carbocycles. The minimum absolute atomic E-state index is 0.591. The molecule has 0 spiro atoms. The lowest BCUT2D eigenvalue weighted by molar-refractivity contribution is 1.29. The predicted octanol–water partition coefficient (Wildman–Crippen LogP) is 2.41. The quantitative estimate of drug-likeness (QED) is 0.625. The van der Waals surface area contributed by atoms with Crippen molar-refractivity contribution in [3.05, 3.63) is 28.0 Å². The summed E-state index contributed by atoms with van der Waals surface area (Å²) in [6.07, 6.45) is 0. The van der Waals surface area contributed by atoms with Crippen LogP contribution in [0.2, 0.25) is 0 Å². The van der Waals surface area contributed by atoms with Crippen molar-refractivity contribution < 1.29 is 0 Å². The summed E-state index contributed by atoms with van der Waals surface area (Å²) in [4.78, 5) is 6.01. The second-order valence-corrected chi connectivity index (χ2v) is 3.26. The Labute approximate surface area is 80.0 Å². The van der Waals surface area contributed by atoms with Crippen LogP contribution < -0.4 is 0 Å². The Morgan fingerprint density at radius 1 is 1.38 bits per heavy atom. The molecule has 0 aliphatic heterocycles. The van der Waals surface area contributed by atoms with E-state index in [1.54, 1.807) is 6.07 Å². The van der Waals surface area contributed by atoms with Crippen molar-refractivity contribution in [1.29, 1.82) is 5.26 Å². The van der Waals surface area contributed by atoms with Gasteiger partial charge in [0.1, 0.15) is 0 Å². The number of aromatic amines is 2. The fourth-order valence-electron chi connectivity index (χ4n) is 1.37. The third kappa shape index (κ3) is 1.14. The van der Waals surface area contributed by atoms with Gasteiger partial charge in [0.05, 0.1) is 22.7 Å².